The van der Waals surface area contributed by atoms with Gasteiger partial charge in [-0.25, -0.2) is 4.98 Å². The van der Waals surface area contributed by atoms with E-state index in [2.05, 4.69) is 11.9 Å². The van der Waals surface area contributed by atoms with E-state index in [0.717, 1.165) is 41.7 Å². The Labute approximate surface area is 142 Å². The number of aromatic nitrogens is 2. The van der Waals surface area contributed by atoms with Crippen LogP contribution in [0.3, 0.4) is 0 Å². The van der Waals surface area contributed by atoms with Crippen molar-refractivity contribution in [3.63, 3.8) is 0 Å². The maximum absolute atomic E-state index is 12.7. The van der Waals surface area contributed by atoms with Crippen LogP contribution in [-0.2, 0) is 11.3 Å². The molecule has 1 unspecified atom stereocenters. The number of carbonyl (C=O) groups excluding carboxylic acids is 1. The van der Waals surface area contributed by atoms with Crippen molar-refractivity contribution in [3.8, 4) is 0 Å². The predicted octanol–water partition coefficient (Wildman–Crippen LogP) is 2.58. The largest absolute Gasteiger partial charge is 0.341 e. The average molecular weight is 327 g/mol. The zero-order chi connectivity index (χ0) is 17.4. The van der Waals surface area contributed by atoms with Crippen molar-refractivity contribution < 1.29 is 4.79 Å². The van der Waals surface area contributed by atoms with Gasteiger partial charge >= 0.3 is 0 Å². The van der Waals surface area contributed by atoms with E-state index in [9.17, 15) is 9.59 Å². The molecular formula is C19H25N3O2. The van der Waals surface area contributed by atoms with Gasteiger partial charge < -0.3 is 4.90 Å². The Hall–Kier alpha value is -2.17. The Balaban J connectivity index is 2.02. The molecule has 1 atom stereocenters. The van der Waals surface area contributed by atoms with E-state index in [1.807, 2.05) is 30.9 Å². The van der Waals surface area contributed by atoms with Gasteiger partial charge in [0, 0.05) is 13.1 Å². The average Bonchev–Trinajstić information content (AvgIpc) is 2.54. The molecule has 0 radical (unpaired) electrons. The SMILES string of the molecule is Cc1cc2nc(C)c(=O)n(CC(=O)N3CCCC(C)C3)c2cc1C. The zero-order valence-corrected chi connectivity index (χ0v) is 14.9. The summed E-state index contributed by atoms with van der Waals surface area (Å²) in [5.41, 5.74) is 4.01. The van der Waals surface area contributed by atoms with Gasteiger partial charge in [0.1, 0.15) is 12.2 Å². The first-order chi connectivity index (χ1) is 11.4. The Bertz CT molecular complexity index is 854. The van der Waals surface area contributed by atoms with E-state index < -0.39 is 0 Å². The number of benzene rings is 1. The third kappa shape index (κ3) is 3.07. The van der Waals surface area contributed by atoms with E-state index in [-0.39, 0.29) is 18.0 Å². The van der Waals surface area contributed by atoms with Gasteiger partial charge in [-0.15, -0.1) is 0 Å². The first-order valence-electron chi connectivity index (χ1n) is 8.63. The summed E-state index contributed by atoms with van der Waals surface area (Å²) >= 11 is 0. The van der Waals surface area contributed by atoms with Gasteiger partial charge in [-0.2, -0.15) is 0 Å². The number of fused-ring (bicyclic) bond motifs is 1. The van der Waals surface area contributed by atoms with Crippen molar-refractivity contribution in [2.45, 2.75) is 47.1 Å². The lowest BCUT2D eigenvalue weighted by molar-refractivity contribution is -0.133. The number of hydrogen-bond donors (Lipinski definition) is 0. The highest BCUT2D eigenvalue weighted by atomic mass is 16.2. The fraction of sp³-hybridized carbons (Fsp3) is 0.526. The minimum absolute atomic E-state index is 0.0220. The van der Waals surface area contributed by atoms with Crippen LogP contribution in [0.4, 0.5) is 0 Å². The highest BCUT2D eigenvalue weighted by Gasteiger charge is 2.22. The second kappa shape index (κ2) is 6.38. The molecule has 5 nitrogen and oxygen atoms in total. The lowest BCUT2D eigenvalue weighted by atomic mass is 10.0. The maximum Gasteiger partial charge on any atom is 0.272 e. The third-order valence-electron chi connectivity index (χ3n) is 5.03. The van der Waals surface area contributed by atoms with Crippen molar-refractivity contribution in [2.24, 2.45) is 5.92 Å². The molecule has 2 aromatic rings. The number of hydrogen-bond acceptors (Lipinski definition) is 3. The highest BCUT2D eigenvalue weighted by molar-refractivity contribution is 5.81. The smallest absolute Gasteiger partial charge is 0.272 e. The van der Waals surface area contributed by atoms with Crippen LogP contribution in [0, 0.1) is 26.7 Å². The van der Waals surface area contributed by atoms with Gasteiger partial charge in [-0.1, -0.05) is 6.92 Å². The standard InChI is InChI=1S/C19H25N3O2/c1-12-6-5-7-21(10-12)18(23)11-22-17-9-14(3)13(2)8-16(17)20-15(4)19(22)24/h8-9,12H,5-7,10-11H2,1-4H3. The van der Waals surface area contributed by atoms with E-state index in [4.69, 9.17) is 0 Å². The lowest BCUT2D eigenvalue weighted by Crippen LogP contribution is -2.42. The molecule has 1 aliphatic heterocycles. The maximum atomic E-state index is 12.7. The van der Waals surface area contributed by atoms with Gasteiger partial charge in [0.05, 0.1) is 11.0 Å². The summed E-state index contributed by atoms with van der Waals surface area (Å²) in [6.07, 6.45) is 2.20. The third-order valence-corrected chi connectivity index (χ3v) is 5.03. The van der Waals surface area contributed by atoms with Gasteiger partial charge in [0.2, 0.25) is 5.91 Å². The van der Waals surface area contributed by atoms with Gasteiger partial charge in [-0.05, 0) is 62.8 Å². The molecule has 1 fully saturated rings. The molecule has 1 aromatic heterocycles. The molecule has 1 aliphatic rings. The van der Waals surface area contributed by atoms with Crippen LogP contribution in [0.15, 0.2) is 16.9 Å². The topological polar surface area (TPSA) is 55.2 Å². The molecule has 0 aliphatic carbocycles. The Kier molecular flexibility index (Phi) is 4.43. The van der Waals surface area contributed by atoms with Crippen LogP contribution in [-0.4, -0.2) is 33.4 Å². The van der Waals surface area contributed by atoms with E-state index in [1.165, 1.54) is 6.42 Å². The van der Waals surface area contributed by atoms with Crippen molar-refractivity contribution in [3.05, 3.63) is 39.3 Å². The van der Waals surface area contributed by atoms with E-state index in [1.54, 1.807) is 11.5 Å². The minimum Gasteiger partial charge on any atom is -0.341 e. The number of aryl methyl sites for hydroxylation is 3. The van der Waals surface area contributed by atoms with Crippen LogP contribution in [0.5, 0.6) is 0 Å². The number of rotatable bonds is 2. The first kappa shape index (κ1) is 16.7. The van der Waals surface area contributed by atoms with Crippen LogP contribution < -0.4 is 5.56 Å². The number of likely N-dealkylation sites (tertiary alicyclic amines) is 1. The molecule has 128 valence electrons. The molecule has 0 spiro atoms. The highest BCUT2D eigenvalue weighted by Crippen LogP contribution is 2.19. The van der Waals surface area contributed by atoms with Gasteiger partial charge in [-0.3, -0.25) is 14.2 Å². The molecule has 0 saturated carbocycles. The molecule has 1 aromatic carbocycles. The molecular weight excluding hydrogens is 302 g/mol. The van der Waals surface area contributed by atoms with E-state index in [0.29, 0.717) is 11.6 Å². The first-order valence-corrected chi connectivity index (χ1v) is 8.63. The summed E-state index contributed by atoms with van der Waals surface area (Å²) in [6.45, 7) is 9.59. The fourth-order valence-corrected chi connectivity index (χ4v) is 3.43. The summed E-state index contributed by atoms with van der Waals surface area (Å²) in [5.74, 6) is 0.550. The number of piperidine rings is 1. The summed E-state index contributed by atoms with van der Waals surface area (Å²) in [7, 11) is 0. The van der Waals surface area contributed by atoms with Crippen molar-refractivity contribution in [1.82, 2.24) is 14.5 Å². The van der Waals surface area contributed by atoms with Gasteiger partial charge in [0.15, 0.2) is 0 Å². The molecule has 2 heterocycles. The molecule has 0 bridgehead atoms. The quantitative estimate of drug-likeness (QED) is 0.852. The number of nitrogens with zero attached hydrogens (tertiary/aromatic N) is 3. The van der Waals surface area contributed by atoms with Crippen LogP contribution in [0.2, 0.25) is 0 Å². The molecule has 1 saturated heterocycles. The molecule has 24 heavy (non-hydrogen) atoms. The molecule has 5 heteroatoms. The van der Waals surface area contributed by atoms with Crippen molar-refractivity contribution in [1.29, 1.82) is 0 Å². The van der Waals surface area contributed by atoms with Gasteiger partial charge in [0.25, 0.3) is 5.56 Å². The summed E-state index contributed by atoms with van der Waals surface area (Å²) in [4.78, 5) is 31.6. The Morgan fingerprint density at radius 2 is 1.96 bits per heavy atom. The second-order valence-electron chi connectivity index (χ2n) is 7.10. The predicted molar refractivity (Wildman–Crippen MR) is 95.2 cm³/mol. The zero-order valence-electron chi connectivity index (χ0n) is 14.9. The van der Waals surface area contributed by atoms with E-state index >= 15 is 0 Å². The second-order valence-corrected chi connectivity index (χ2v) is 7.10. The summed E-state index contributed by atoms with van der Waals surface area (Å²) in [5, 5.41) is 0. The molecule has 1 amide bonds. The Morgan fingerprint density at radius 1 is 1.25 bits per heavy atom. The fourth-order valence-electron chi connectivity index (χ4n) is 3.43. The lowest BCUT2D eigenvalue weighted by Gasteiger charge is -2.31. The minimum atomic E-state index is -0.177. The number of amides is 1. The Morgan fingerprint density at radius 3 is 2.67 bits per heavy atom. The van der Waals surface area contributed by atoms with Crippen LogP contribution in [0.1, 0.15) is 36.6 Å². The number of carbonyl (C=O) groups is 1. The molecule has 0 N–H and O–H groups in total. The summed E-state index contributed by atoms with van der Waals surface area (Å²) in [6, 6.07) is 3.95. The molecule has 3 rings (SSSR count). The summed E-state index contributed by atoms with van der Waals surface area (Å²) < 4.78 is 1.59. The normalized spacial score (nSPS) is 18.2. The van der Waals surface area contributed by atoms with Crippen molar-refractivity contribution in [2.75, 3.05) is 13.1 Å². The monoisotopic (exact) mass is 327 g/mol. The van der Waals surface area contributed by atoms with Crippen molar-refractivity contribution >= 4 is 16.9 Å². The van der Waals surface area contributed by atoms with Crippen LogP contribution >= 0.6 is 0 Å². The van der Waals surface area contributed by atoms with Crippen LogP contribution in [0.25, 0.3) is 11.0 Å².